The molecule has 1 aromatic rings. The van der Waals surface area contributed by atoms with Gasteiger partial charge in [0.1, 0.15) is 0 Å². The third kappa shape index (κ3) is 3.75. The Morgan fingerprint density at radius 1 is 1.29 bits per heavy atom. The quantitative estimate of drug-likeness (QED) is 0.895. The van der Waals surface area contributed by atoms with Crippen LogP contribution in [0.15, 0.2) is 29.2 Å². The average molecular weight is 322 g/mol. The number of rotatable bonds is 3. The maximum Gasteiger partial charge on any atom is 0.417 e. The van der Waals surface area contributed by atoms with Crippen LogP contribution >= 0.6 is 0 Å². The van der Waals surface area contributed by atoms with E-state index in [0.29, 0.717) is 6.54 Å². The van der Waals surface area contributed by atoms with Gasteiger partial charge in [0, 0.05) is 12.6 Å². The number of sulfonamides is 1. The van der Waals surface area contributed by atoms with E-state index in [1.54, 1.807) is 0 Å². The summed E-state index contributed by atoms with van der Waals surface area (Å²) in [7, 11) is -4.22. The predicted octanol–water partition coefficient (Wildman–Crippen LogP) is 1.98. The van der Waals surface area contributed by atoms with Crippen LogP contribution in [0.25, 0.3) is 0 Å². The number of nitrogens with one attached hydrogen (secondary N) is 2. The Labute approximate surface area is 121 Å². The highest BCUT2D eigenvalue weighted by Gasteiger charge is 2.38. The molecule has 2 rings (SSSR count). The predicted molar refractivity (Wildman–Crippen MR) is 72.2 cm³/mol. The maximum atomic E-state index is 12.9. The lowest BCUT2D eigenvalue weighted by molar-refractivity contribution is -0.139. The number of halogens is 3. The molecule has 2 N–H and O–H groups in total. The summed E-state index contributed by atoms with van der Waals surface area (Å²) in [6.45, 7) is 3.07. The lowest BCUT2D eigenvalue weighted by atomic mass is 9.96. The van der Waals surface area contributed by atoms with Gasteiger partial charge in [0.2, 0.25) is 10.0 Å². The van der Waals surface area contributed by atoms with Gasteiger partial charge in [-0.1, -0.05) is 19.1 Å². The van der Waals surface area contributed by atoms with Gasteiger partial charge < -0.3 is 5.32 Å². The first kappa shape index (κ1) is 16.3. The highest BCUT2D eigenvalue weighted by atomic mass is 32.2. The highest BCUT2D eigenvalue weighted by Crippen LogP contribution is 2.34. The van der Waals surface area contributed by atoms with Crippen molar-refractivity contribution in [3.05, 3.63) is 29.8 Å². The van der Waals surface area contributed by atoms with Gasteiger partial charge in [-0.2, -0.15) is 13.2 Å². The van der Waals surface area contributed by atoms with E-state index in [1.165, 1.54) is 12.1 Å². The highest BCUT2D eigenvalue weighted by molar-refractivity contribution is 7.89. The van der Waals surface area contributed by atoms with Crippen LogP contribution in [0.1, 0.15) is 18.9 Å². The standard InChI is InChI=1S/C13H17F3N2O2S/c1-9-6-7-17-8-11(9)18-21(19,20)12-5-3-2-4-10(12)13(14,15)16/h2-5,9,11,17-18H,6-8H2,1H3/t9-,11+/m0/s1. The lowest BCUT2D eigenvalue weighted by Crippen LogP contribution is -2.50. The molecule has 8 heteroatoms. The molecular weight excluding hydrogens is 305 g/mol. The summed E-state index contributed by atoms with van der Waals surface area (Å²) < 4.78 is 65.7. The minimum atomic E-state index is -4.71. The third-order valence-corrected chi connectivity index (χ3v) is 5.16. The Morgan fingerprint density at radius 2 is 1.95 bits per heavy atom. The van der Waals surface area contributed by atoms with Crippen LogP contribution in [0.2, 0.25) is 0 Å². The fourth-order valence-electron chi connectivity index (χ4n) is 2.35. The van der Waals surface area contributed by atoms with E-state index in [0.717, 1.165) is 25.1 Å². The molecule has 0 amide bonds. The van der Waals surface area contributed by atoms with Gasteiger partial charge in [0.15, 0.2) is 0 Å². The van der Waals surface area contributed by atoms with Crippen LogP contribution in [0.4, 0.5) is 13.2 Å². The van der Waals surface area contributed by atoms with Gasteiger partial charge in [0.25, 0.3) is 0 Å². The van der Waals surface area contributed by atoms with E-state index in [1.807, 2.05) is 6.92 Å². The van der Waals surface area contributed by atoms with Gasteiger partial charge in [-0.25, -0.2) is 13.1 Å². The van der Waals surface area contributed by atoms with Crippen LogP contribution in [0, 0.1) is 5.92 Å². The number of piperidine rings is 1. The summed E-state index contributed by atoms with van der Waals surface area (Å²) in [6.07, 6.45) is -3.93. The van der Waals surface area contributed by atoms with E-state index < -0.39 is 32.7 Å². The number of hydrogen-bond acceptors (Lipinski definition) is 3. The van der Waals surface area contributed by atoms with E-state index in [9.17, 15) is 21.6 Å². The molecule has 2 atom stereocenters. The third-order valence-electron chi connectivity index (χ3n) is 3.62. The second-order valence-corrected chi connectivity index (χ2v) is 6.87. The smallest absolute Gasteiger partial charge is 0.315 e. The number of hydrogen-bond donors (Lipinski definition) is 2. The topological polar surface area (TPSA) is 58.2 Å². The molecule has 0 bridgehead atoms. The van der Waals surface area contributed by atoms with E-state index in [4.69, 9.17) is 0 Å². The van der Waals surface area contributed by atoms with Crippen molar-refractivity contribution in [1.29, 1.82) is 0 Å². The molecule has 1 heterocycles. The molecule has 1 aliphatic heterocycles. The molecule has 0 aliphatic carbocycles. The number of alkyl halides is 3. The van der Waals surface area contributed by atoms with Crippen LogP contribution in [-0.2, 0) is 16.2 Å². The summed E-state index contributed by atoms with van der Waals surface area (Å²) in [5.74, 6) is 0.0686. The average Bonchev–Trinajstić information content (AvgIpc) is 2.40. The number of benzene rings is 1. The summed E-state index contributed by atoms with van der Waals surface area (Å²) >= 11 is 0. The van der Waals surface area contributed by atoms with Gasteiger partial charge in [-0.3, -0.25) is 0 Å². The molecule has 0 unspecified atom stereocenters. The van der Waals surface area contributed by atoms with Gasteiger partial charge >= 0.3 is 6.18 Å². The van der Waals surface area contributed by atoms with E-state index in [-0.39, 0.29) is 5.92 Å². The normalized spacial score (nSPS) is 24.0. The maximum absolute atomic E-state index is 12.9. The first-order valence-electron chi connectivity index (χ1n) is 6.61. The van der Waals surface area contributed by atoms with Crippen molar-refractivity contribution in [2.75, 3.05) is 13.1 Å². The van der Waals surface area contributed by atoms with Crippen molar-refractivity contribution in [3.63, 3.8) is 0 Å². The molecule has 1 fully saturated rings. The summed E-state index contributed by atoms with van der Waals surface area (Å²) in [4.78, 5) is -0.727. The molecule has 21 heavy (non-hydrogen) atoms. The molecule has 0 aromatic heterocycles. The summed E-state index contributed by atoms with van der Waals surface area (Å²) in [5.41, 5.74) is -1.14. The Kier molecular flexibility index (Phi) is 4.60. The van der Waals surface area contributed by atoms with Crippen LogP contribution in [0.3, 0.4) is 0 Å². The van der Waals surface area contributed by atoms with Gasteiger partial charge in [-0.05, 0) is 31.0 Å². The van der Waals surface area contributed by atoms with Gasteiger partial charge in [0.05, 0.1) is 10.5 Å². The van der Waals surface area contributed by atoms with Crippen LogP contribution in [0.5, 0.6) is 0 Å². The van der Waals surface area contributed by atoms with Crippen molar-refractivity contribution in [2.24, 2.45) is 5.92 Å². The second-order valence-electron chi connectivity index (χ2n) is 5.19. The summed E-state index contributed by atoms with van der Waals surface area (Å²) in [6, 6.07) is 3.80. The molecule has 1 aromatic carbocycles. The molecule has 0 radical (unpaired) electrons. The largest absolute Gasteiger partial charge is 0.417 e. The Bertz CT molecular complexity index is 602. The van der Waals surface area contributed by atoms with Crippen molar-refractivity contribution >= 4 is 10.0 Å². The van der Waals surface area contributed by atoms with Crippen molar-refractivity contribution < 1.29 is 21.6 Å². The second kappa shape index (κ2) is 5.94. The summed E-state index contributed by atoms with van der Waals surface area (Å²) in [5, 5.41) is 3.03. The Balaban J connectivity index is 2.32. The first-order chi connectivity index (χ1) is 9.72. The van der Waals surface area contributed by atoms with E-state index in [2.05, 4.69) is 10.0 Å². The molecular formula is C13H17F3N2O2S. The van der Waals surface area contributed by atoms with Crippen molar-refractivity contribution in [1.82, 2.24) is 10.0 Å². The van der Waals surface area contributed by atoms with Crippen molar-refractivity contribution in [3.8, 4) is 0 Å². The minimum Gasteiger partial charge on any atom is -0.315 e. The molecule has 0 saturated carbocycles. The molecule has 118 valence electrons. The monoisotopic (exact) mass is 322 g/mol. The van der Waals surface area contributed by atoms with Gasteiger partial charge in [-0.15, -0.1) is 0 Å². The lowest BCUT2D eigenvalue weighted by Gasteiger charge is -2.30. The van der Waals surface area contributed by atoms with E-state index >= 15 is 0 Å². The van der Waals surface area contributed by atoms with Crippen LogP contribution in [-0.4, -0.2) is 27.5 Å². The molecule has 1 saturated heterocycles. The molecule has 1 aliphatic rings. The zero-order chi connectivity index (χ0) is 15.7. The molecule has 0 spiro atoms. The zero-order valence-corrected chi connectivity index (χ0v) is 12.3. The molecule has 4 nitrogen and oxygen atoms in total. The SMILES string of the molecule is C[C@H]1CCNC[C@H]1NS(=O)(=O)c1ccccc1C(F)(F)F. The zero-order valence-electron chi connectivity index (χ0n) is 11.4. The fourth-order valence-corrected chi connectivity index (χ4v) is 3.92. The van der Waals surface area contributed by atoms with Crippen molar-refractivity contribution in [2.45, 2.75) is 30.5 Å². The van der Waals surface area contributed by atoms with Crippen LogP contribution < -0.4 is 10.0 Å². The minimum absolute atomic E-state index is 0.0686. The Morgan fingerprint density at radius 3 is 2.57 bits per heavy atom. The Hall–Kier alpha value is -1.12. The fraction of sp³-hybridized carbons (Fsp3) is 0.538. The first-order valence-corrected chi connectivity index (χ1v) is 8.09.